The second-order valence-electron chi connectivity index (χ2n) is 6.53. The van der Waals surface area contributed by atoms with Crippen LogP contribution in [0.1, 0.15) is 22.3 Å². The number of hydrogen-bond donors (Lipinski definition) is 1. The van der Waals surface area contributed by atoms with Crippen molar-refractivity contribution in [1.29, 1.82) is 0 Å². The molecular formula is C21H22N2O4. The average Bonchev–Trinajstić information content (AvgIpc) is 3.11. The van der Waals surface area contributed by atoms with Crippen LogP contribution in [0.3, 0.4) is 0 Å². The van der Waals surface area contributed by atoms with Crippen molar-refractivity contribution in [3.63, 3.8) is 0 Å². The van der Waals surface area contributed by atoms with Gasteiger partial charge in [-0.1, -0.05) is 36.4 Å². The molecule has 1 atom stereocenters. The maximum absolute atomic E-state index is 12.9. The molecule has 6 nitrogen and oxygen atoms in total. The fourth-order valence-corrected chi connectivity index (χ4v) is 3.26. The molecule has 140 valence electrons. The van der Waals surface area contributed by atoms with Gasteiger partial charge in [0.05, 0.1) is 6.54 Å². The van der Waals surface area contributed by atoms with Crippen molar-refractivity contribution in [2.75, 3.05) is 20.4 Å². The minimum atomic E-state index is -1.03. The van der Waals surface area contributed by atoms with E-state index in [1.165, 1.54) is 12.0 Å². The molecule has 1 saturated heterocycles. The number of aliphatic imine (C=N–C) groups is 1. The second-order valence-corrected chi connectivity index (χ2v) is 6.53. The Morgan fingerprint density at radius 2 is 1.89 bits per heavy atom. The molecule has 27 heavy (non-hydrogen) atoms. The van der Waals surface area contributed by atoms with E-state index in [2.05, 4.69) is 4.99 Å². The molecular weight excluding hydrogens is 344 g/mol. The topological polar surface area (TPSA) is 79.2 Å². The van der Waals surface area contributed by atoms with E-state index in [0.717, 1.165) is 16.7 Å². The zero-order chi connectivity index (χ0) is 19.4. The molecule has 1 heterocycles. The number of carbonyl (C=O) groups is 2. The molecule has 0 saturated carbocycles. The Kier molecular flexibility index (Phi) is 5.66. The summed E-state index contributed by atoms with van der Waals surface area (Å²) in [7, 11) is 1.52. The van der Waals surface area contributed by atoms with Gasteiger partial charge in [0.25, 0.3) is 5.91 Å². The smallest absolute Gasteiger partial charge is 0.326 e. The van der Waals surface area contributed by atoms with Gasteiger partial charge in [-0.3, -0.25) is 9.79 Å². The van der Waals surface area contributed by atoms with Crippen LogP contribution in [0.2, 0.25) is 0 Å². The Labute approximate surface area is 158 Å². The molecule has 0 spiro atoms. The maximum Gasteiger partial charge on any atom is 0.326 e. The predicted molar refractivity (Wildman–Crippen MR) is 103 cm³/mol. The molecule has 3 rings (SSSR count). The summed E-state index contributed by atoms with van der Waals surface area (Å²) in [5.41, 5.74) is 4.40. The highest BCUT2D eigenvalue weighted by molar-refractivity contribution is 6.04. The van der Waals surface area contributed by atoms with Crippen LogP contribution in [0, 0.1) is 6.92 Å². The van der Waals surface area contributed by atoms with E-state index in [1.807, 2.05) is 43.3 Å². The van der Waals surface area contributed by atoms with Gasteiger partial charge in [0, 0.05) is 24.8 Å². The fourth-order valence-electron chi connectivity index (χ4n) is 3.26. The Morgan fingerprint density at radius 3 is 2.52 bits per heavy atom. The van der Waals surface area contributed by atoms with Crippen LogP contribution in [0.15, 0.2) is 53.5 Å². The number of carboxylic acids is 1. The molecule has 1 amide bonds. The first-order chi connectivity index (χ1) is 13.0. The molecule has 0 aliphatic carbocycles. The minimum absolute atomic E-state index is 0.162. The third kappa shape index (κ3) is 4.06. The first kappa shape index (κ1) is 18.8. The van der Waals surface area contributed by atoms with Crippen molar-refractivity contribution in [3.05, 3.63) is 59.7 Å². The molecule has 0 radical (unpaired) electrons. The molecule has 1 aliphatic rings. The van der Waals surface area contributed by atoms with Gasteiger partial charge < -0.3 is 14.7 Å². The lowest BCUT2D eigenvalue weighted by atomic mass is 9.99. The Balaban J connectivity index is 1.82. The number of rotatable bonds is 5. The standard InChI is InChI=1S/C21H22N2O4/c1-14-5-3-4-6-18(14)15-7-9-16(10-8-15)20(24)23-12-17(22-13-27-2)11-19(23)21(25)26/h3-10,19H,11-13H2,1-2H3,(H,25,26)/t19-/m0/s1. The van der Waals surface area contributed by atoms with Gasteiger partial charge in [-0.05, 0) is 35.7 Å². The van der Waals surface area contributed by atoms with E-state index < -0.39 is 12.0 Å². The van der Waals surface area contributed by atoms with E-state index in [9.17, 15) is 14.7 Å². The van der Waals surface area contributed by atoms with Gasteiger partial charge in [-0.25, -0.2) is 4.79 Å². The highest BCUT2D eigenvalue weighted by atomic mass is 16.5. The number of aliphatic carboxylic acids is 1. The molecule has 2 aromatic rings. The summed E-state index contributed by atoms with van der Waals surface area (Å²) in [6.07, 6.45) is 0.228. The van der Waals surface area contributed by atoms with Crippen molar-refractivity contribution in [3.8, 4) is 11.1 Å². The van der Waals surface area contributed by atoms with Gasteiger partial charge >= 0.3 is 5.97 Å². The molecule has 0 bridgehead atoms. The molecule has 0 unspecified atom stereocenters. The van der Waals surface area contributed by atoms with E-state index in [4.69, 9.17) is 4.74 Å². The predicted octanol–water partition coefficient (Wildman–Crippen LogP) is 3.01. The number of likely N-dealkylation sites (tertiary alicyclic amines) is 1. The van der Waals surface area contributed by atoms with Crippen LogP contribution in [0.4, 0.5) is 0 Å². The zero-order valence-electron chi connectivity index (χ0n) is 15.4. The monoisotopic (exact) mass is 366 g/mol. The largest absolute Gasteiger partial charge is 0.480 e. The lowest BCUT2D eigenvalue weighted by Gasteiger charge is -2.21. The summed E-state index contributed by atoms with van der Waals surface area (Å²) in [5.74, 6) is -1.33. The van der Waals surface area contributed by atoms with Crippen molar-refractivity contribution >= 4 is 17.6 Å². The summed E-state index contributed by atoms with van der Waals surface area (Å²) < 4.78 is 4.91. The summed E-state index contributed by atoms with van der Waals surface area (Å²) >= 11 is 0. The fraction of sp³-hybridized carbons (Fsp3) is 0.286. The van der Waals surface area contributed by atoms with Crippen molar-refractivity contribution < 1.29 is 19.4 Å². The molecule has 1 N–H and O–H groups in total. The van der Waals surface area contributed by atoms with Crippen LogP contribution < -0.4 is 0 Å². The summed E-state index contributed by atoms with van der Waals surface area (Å²) in [6, 6.07) is 14.4. The van der Waals surface area contributed by atoms with Crippen LogP contribution >= 0.6 is 0 Å². The van der Waals surface area contributed by atoms with Crippen LogP contribution in [-0.2, 0) is 9.53 Å². The van der Waals surface area contributed by atoms with E-state index in [1.54, 1.807) is 12.1 Å². The van der Waals surface area contributed by atoms with Gasteiger partial charge in [-0.15, -0.1) is 0 Å². The van der Waals surface area contributed by atoms with Crippen LogP contribution in [0.25, 0.3) is 11.1 Å². The quantitative estimate of drug-likeness (QED) is 0.882. The number of carboxylic acid groups (broad SMARTS) is 1. The third-order valence-corrected chi connectivity index (χ3v) is 4.71. The van der Waals surface area contributed by atoms with Crippen molar-refractivity contribution in [2.45, 2.75) is 19.4 Å². The molecule has 6 heteroatoms. The number of benzene rings is 2. The Bertz CT molecular complexity index is 874. The van der Waals surface area contributed by atoms with E-state index in [-0.39, 0.29) is 25.6 Å². The summed E-state index contributed by atoms with van der Waals surface area (Å²) in [4.78, 5) is 30.0. The van der Waals surface area contributed by atoms with Crippen LogP contribution in [-0.4, -0.2) is 54.0 Å². The van der Waals surface area contributed by atoms with E-state index in [0.29, 0.717) is 11.3 Å². The summed E-state index contributed by atoms with van der Waals surface area (Å²) in [5, 5.41) is 9.47. The molecule has 2 aromatic carbocycles. The molecule has 1 aliphatic heterocycles. The zero-order valence-corrected chi connectivity index (χ0v) is 15.4. The van der Waals surface area contributed by atoms with Crippen molar-refractivity contribution in [1.82, 2.24) is 4.90 Å². The number of aryl methyl sites for hydroxylation is 1. The lowest BCUT2D eigenvalue weighted by molar-refractivity contribution is -0.141. The first-order valence-electron chi connectivity index (χ1n) is 8.72. The Hall–Kier alpha value is -2.99. The first-order valence-corrected chi connectivity index (χ1v) is 8.72. The SMILES string of the molecule is COCN=C1C[C@@H](C(=O)O)N(C(=O)c2ccc(-c3ccccc3C)cc2)C1. The van der Waals surface area contributed by atoms with Gasteiger partial charge in [0.2, 0.25) is 0 Å². The second kappa shape index (κ2) is 8.14. The Morgan fingerprint density at radius 1 is 1.19 bits per heavy atom. The number of amides is 1. The number of ether oxygens (including phenoxy) is 1. The minimum Gasteiger partial charge on any atom is -0.480 e. The average molecular weight is 366 g/mol. The highest BCUT2D eigenvalue weighted by Crippen LogP contribution is 2.25. The summed E-state index contributed by atoms with van der Waals surface area (Å²) in [6.45, 7) is 2.41. The third-order valence-electron chi connectivity index (χ3n) is 4.71. The normalized spacial score (nSPS) is 18.1. The van der Waals surface area contributed by atoms with Gasteiger partial charge in [0.15, 0.2) is 0 Å². The highest BCUT2D eigenvalue weighted by Gasteiger charge is 2.37. The van der Waals surface area contributed by atoms with Gasteiger partial charge in [-0.2, -0.15) is 0 Å². The number of hydrogen-bond acceptors (Lipinski definition) is 4. The van der Waals surface area contributed by atoms with E-state index >= 15 is 0 Å². The number of carbonyl (C=O) groups excluding carboxylic acids is 1. The molecule has 0 aromatic heterocycles. The number of nitrogens with zero attached hydrogens (tertiary/aromatic N) is 2. The maximum atomic E-state index is 12.9. The number of methoxy groups -OCH3 is 1. The molecule has 1 fully saturated rings. The van der Waals surface area contributed by atoms with Gasteiger partial charge in [0.1, 0.15) is 12.8 Å². The lowest BCUT2D eigenvalue weighted by Crippen LogP contribution is -2.40. The van der Waals surface area contributed by atoms with Crippen LogP contribution in [0.5, 0.6) is 0 Å². The van der Waals surface area contributed by atoms with Crippen molar-refractivity contribution in [2.24, 2.45) is 4.99 Å².